The summed E-state index contributed by atoms with van der Waals surface area (Å²) in [4.78, 5) is 0. The van der Waals surface area contributed by atoms with Crippen molar-refractivity contribution in [3.8, 4) is 0 Å². The lowest BCUT2D eigenvalue weighted by Gasteiger charge is -2.30. The van der Waals surface area contributed by atoms with Gasteiger partial charge in [-0.05, 0) is 60.6 Å². The molecule has 5 heteroatoms. The number of hydrogen-bond donors (Lipinski definition) is 0. The molecular formula is C22H22F4O. The summed E-state index contributed by atoms with van der Waals surface area (Å²) in [6, 6.07) is 6.58. The minimum absolute atomic E-state index is 0.0892. The highest BCUT2D eigenvalue weighted by molar-refractivity contribution is 5.33. The summed E-state index contributed by atoms with van der Waals surface area (Å²) in [5, 5.41) is 0. The molecule has 2 fully saturated rings. The fourth-order valence-corrected chi connectivity index (χ4v) is 4.28. The van der Waals surface area contributed by atoms with Crippen LogP contribution < -0.4 is 0 Å². The van der Waals surface area contributed by atoms with E-state index in [9.17, 15) is 17.6 Å². The molecule has 144 valence electrons. The zero-order chi connectivity index (χ0) is 19.1. The van der Waals surface area contributed by atoms with Crippen LogP contribution in [0, 0.1) is 23.3 Å². The summed E-state index contributed by atoms with van der Waals surface area (Å²) >= 11 is 0. The van der Waals surface area contributed by atoms with Crippen molar-refractivity contribution >= 4 is 0 Å². The first-order valence-electron chi connectivity index (χ1n) is 9.57. The molecule has 27 heavy (non-hydrogen) atoms. The number of benzene rings is 2. The van der Waals surface area contributed by atoms with Gasteiger partial charge in [0.05, 0.1) is 6.61 Å². The summed E-state index contributed by atoms with van der Waals surface area (Å²) < 4.78 is 62.3. The minimum Gasteiger partial charge on any atom is -0.368 e. The smallest absolute Gasteiger partial charge is 0.165 e. The monoisotopic (exact) mass is 378 g/mol. The number of rotatable bonds is 4. The van der Waals surface area contributed by atoms with Gasteiger partial charge in [0.2, 0.25) is 0 Å². The molecule has 1 atom stereocenters. The number of halogens is 4. The van der Waals surface area contributed by atoms with E-state index in [0.29, 0.717) is 55.4 Å². The molecular weight excluding hydrogens is 356 g/mol. The van der Waals surface area contributed by atoms with Gasteiger partial charge in [-0.2, -0.15) is 0 Å². The molecule has 4 rings (SSSR count). The van der Waals surface area contributed by atoms with Crippen LogP contribution in [0.1, 0.15) is 72.8 Å². The van der Waals surface area contributed by atoms with Crippen molar-refractivity contribution in [2.24, 2.45) is 0 Å². The molecule has 1 unspecified atom stereocenters. The minimum atomic E-state index is -0.819. The van der Waals surface area contributed by atoms with Crippen LogP contribution in [0.5, 0.6) is 0 Å². The Bertz CT molecular complexity index is 852. The molecule has 1 nitrogen and oxygen atoms in total. The zero-order valence-corrected chi connectivity index (χ0v) is 15.2. The fraction of sp³-hybridized carbons (Fsp3) is 0.455. The summed E-state index contributed by atoms with van der Waals surface area (Å²) in [5.74, 6) is -3.33. The van der Waals surface area contributed by atoms with Crippen molar-refractivity contribution in [3.63, 3.8) is 0 Å². The standard InChI is InChI=1S/C22H22F4O/c1-2-12-7-8-15(20(24)19(12)23)13-3-5-14(6-4-13)16-9-10-17(18-11-27-18)22(26)21(16)25/h7-10,13-14,18H,2-6,11H2,1H3. The molecule has 0 radical (unpaired) electrons. The number of aryl methyl sites for hydroxylation is 1. The maximum atomic E-state index is 14.5. The molecule has 1 saturated carbocycles. The molecule has 1 saturated heterocycles. The van der Waals surface area contributed by atoms with Gasteiger partial charge < -0.3 is 4.74 Å². The van der Waals surface area contributed by atoms with Gasteiger partial charge in [0.25, 0.3) is 0 Å². The Morgan fingerprint density at radius 3 is 1.70 bits per heavy atom. The molecule has 1 heterocycles. The lowest BCUT2D eigenvalue weighted by Crippen LogP contribution is -2.16. The van der Waals surface area contributed by atoms with Crippen molar-refractivity contribution in [3.05, 3.63) is 69.8 Å². The Morgan fingerprint density at radius 2 is 1.19 bits per heavy atom. The van der Waals surface area contributed by atoms with Crippen molar-refractivity contribution in [2.75, 3.05) is 6.61 Å². The van der Waals surface area contributed by atoms with Gasteiger partial charge in [-0.3, -0.25) is 0 Å². The average molecular weight is 378 g/mol. The third kappa shape index (κ3) is 3.38. The van der Waals surface area contributed by atoms with Crippen LogP contribution in [0.25, 0.3) is 0 Å². The Hall–Kier alpha value is -1.88. The van der Waals surface area contributed by atoms with Gasteiger partial charge in [-0.1, -0.05) is 31.2 Å². The van der Waals surface area contributed by atoms with Crippen molar-refractivity contribution < 1.29 is 22.3 Å². The van der Waals surface area contributed by atoms with E-state index >= 15 is 0 Å². The molecule has 2 aliphatic rings. The Balaban J connectivity index is 1.50. The molecule has 2 aromatic carbocycles. The largest absolute Gasteiger partial charge is 0.368 e. The topological polar surface area (TPSA) is 12.5 Å². The average Bonchev–Trinajstić information content (AvgIpc) is 3.51. The first kappa shape index (κ1) is 18.5. The predicted molar refractivity (Wildman–Crippen MR) is 94.7 cm³/mol. The molecule has 0 bridgehead atoms. The van der Waals surface area contributed by atoms with Crippen molar-refractivity contribution in [1.82, 2.24) is 0 Å². The van der Waals surface area contributed by atoms with Crippen LogP contribution in [0.15, 0.2) is 24.3 Å². The lowest BCUT2D eigenvalue weighted by atomic mass is 9.75. The third-order valence-corrected chi connectivity index (χ3v) is 6.00. The second-order valence-corrected chi connectivity index (χ2v) is 7.54. The van der Waals surface area contributed by atoms with E-state index in [0.717, 1.165) is 0 Å². The van der Waals surface area contributed by atoms with E-state index in [1.807, 2.05) is 0 Å². The second-order valence-electron chi connectivity index (χ2n) is 7.54. The van der Waals surface area contributed by atoms with Crippen LogP contribution >= 0.6 is 0 Å². The SMILES string of the molecule is CCc1ccc(C2CCC(c3ccc(C4CO4)c(F)c3F)CC2)c(F)c1F. The highest BCUT2D eigenvalue weighted by Crippen LogP contribution is 2.43. The van der Waals surface area contributed by atoms with Crippen LogP contribution in [0.4, 0.5) is 17.6 Å². The number of hydrogen-bond acceptors (Lipinski definition) is 1. The fourth-order valence-electron chi connectivity index (χ4n) is 4.28. The quantitative estimate of drug-likeness (QED) is 0.448. The molecule has 0 amide bonds. The zero-order valence-electron chi connectivity index (χ0n) is 15.2. The first-order chi connectivity index (χ1) is 13.0. The van der Waals surface area contributed by atoms with E-state index in [4.69, 9.17) is 4.74 Å². The van der Waals surface area contributed by atoms with Crippen molar-refractivity contribution in [2.45, 2.75) is 57.0 Å². The molecule has 0 spiro atoms. The molecule has 2 aromatic rings. The van der Waals surface area contributed by atoms with Gasteiger partial charge in [-0.25, -0.2) is 17.6 Å². The molecule has 1 aliphatic heterocycles. The van der Waals surface area contributed by atoms with Crippen molar-refractivity contribution in [1.29, 1.82) is 0 Å². The number of ether oxygens (including phenoxy) is 1. The Morgan fingerprint density at radius 1 is 0.741 bits per heavy atom. The van der Waals surface area contributed by atoms with E-state index in [2.05, 4.69) is 0 Å². The molecule has 0 aromatic heterocycles. The first-order valence-corrected chi connectivity index (χ1v) is 9.57. The van der Waals surface area contributed by atoms with Gasteiger partial charge in [0, 0.05) is 5.56 Å². The third-order valence-electron chi connectivity index (χ3n) is 6.00. The van der Waals surface area contributed by atoms with Crippen LogP contribution in [-0.4, -0.2) is 6.61 Å². The van der Waals surface area contributed by atoms with E-state index in [-0.39, 0.29) is 23.5 Å². The lowest BCUT2D eigenvalue weighted by molar-refractivity contribution is 0.366. The highest BCUT2D eigenvalue weighted by Gasteiger charge is 2.33. The number of epoxide rings is 1. The normalized spacial score (nSPS) is 24.9. The molecule has 0 N–H and O–H groups in total. The van der Waals surface area contributed by atoms with Crippen LogP contribution in [-0.2, 0) is 11.2 Å². The van der Waals surface area contributed by atoms with E-state index < -0.39 is 23.3 Å². The van der Waals surface area contributed by atoms with E-state index in [1.165, 1.54) is 0 Å². The van der Waals surface area contributed by atoms with Gasteiger partial charge in [0.1, 0.15) is 6.10 Å². The maximum absolute atomic E-state index is 14.5. The predicted octanol–water partition coefficient (Wildman–Crippen LogP) is 6.32. The van der Waals surface area contributed by atoms with Gasteiger partial charge in [-0.15, -0.1) is 0 Å². The summed E-state index contributed by atoms with van der Waals surface area (Å²) in [6.45, 7) is 2.22. The molecule has 1 aliphatic carbocycles. The highest BCUT2D eigenvalue weighted by atomic mass is 19.2. The summed E-state index contributed by atoms with van der Waals surface area (Å²) in [5.41, 5.74) is 1.43. The van der Waals surface area contributed by atoms with Gasteiger partial charge in [0.15, 0.2) is 23.3 Å². The van der Waals surface area contributed by atoms with E-state index in [1.54, 1.807) is 31.2 Å². The second kappa shape index (κ2) is 7.27. The Kier molecular flexibility index (Phi) is 4.97. The Labute approximate surface area is 156 Å². The summed E-state index contributed by atoms with van der Waals surface area (Å²) in [7, 11) is 0. The van der Waals surface area contributed by atoms with Crippen LogP contribution in [0.3, 0.4) is 0 Å². The maximum Gasteiger partial charge on any atom is 0.165 e. The van der Waals surface area contributed by atoms with Crippen LogP contribution in [0.2, 0.25) is 0 Å². The van der Waals surface area contributed by atoms with Gasteiger partial charge >= 0.3 is 0 Å². The summed E-state index contributed by atoms with van der Waals surface area (Å²) in [6.07, 6.45) is 2.62.